The zero-order valence-corrected chi connectivity index (χ0v) is 10.4. The second-order valence-corrected chi connectivity index (χ2v) is 3.10. The maximum atomic E-state index is 5.83. The molecule has 0 bridgehead atoms. The van der Waals surface area contributed by atoms with E-state index in [-0.39, 0.29) is 18.4 Å². The van der Waals surface area contributed by atoms with E-state index < -0.39 is 0 Å². The summed E-state index contributed by atoms with van der Waals surface area (Å²) in [5, 5.41) is 0. The number of hydrogen-bond donors (Lipinski definition) is 1. The number of benzene rings is 1. The van der Waals surface area contributed by atoms with E-state index in [1.165, 1.54) is 0 Å². The van der Waals surface area contributed by atoms with E-state index in [9.17, 15) is 0 Å². The largest absolute Gasteiger partial charge is 0.493 e. The van der Waals surface area contributed by atoms with Gasteiger partial charge in [-0.1, -0.05) is 12.1 Å². The second-order valence-electron chi connectivity index (χ2n) is 3.10. The van der Waals surface area contributed by atoms with Crippen molar-refractivity contribution in [3.63, 3.8) is 0 Å². The van der Waals surface area contributed by atoms with E-state index in [2.05, 4.69) is 6.58 Å². The Morgan fingerprint density at radius 1 is 1.44 bits per heavy atom. The van der Waals surface area contributed by atoms with Crippen LogP contribution in [0.4, 0.5) is 0 Å². The Hall–Kier alpha value is -1.19. The Labute approximate surface area is 103 Å². The molecule has 0 unspecified atom stereocenters. The van der Waals surface area contributed by atoms with Gasteiger partial charge < -0.3 is 15.2 Å². The van der Waals surface area contributed by atoms with Gasteiger partial charge in [0, 0.05) is 6.04 Å². The summed E-state index contributed by atoms with van der Waals surface area (Å²) in [6.45, 7) is 6.20. The van der Waals surface area contributed by atoms with Crippen molar-refractivity contribution in [3.05, 3.63) is 36.4 Å². The first-order valence-corrected chi connectivity index (χ1v) is 4.91. The van der Waals surface area contributed by atoms with Gasteiger partial charge in [0.2, 0.25) is 0 Å². The average Bonchev–Trinajstić information content (AvgIpc) is 2.29. The van der Waals surface area contributed by atoms with Gasteiger partial charge in [-0.2, -0.15) is 0 Å². The lowest BCUT2D eigenvalue weighted by Crippen LogP contribution is -2.07. The fourth-order valence-electron chi connectivity index (χ4n) is 1.30. The Balaban J connectivity index is 0.00000225. The Kier molecular flexibility index (Phi) is 6.61. The highest BCUT2D eigenvalue weighted by Crippen LogP contribution is 2.29. The molecule has 1 atom stereocenters. The summed E-state index contributed by atoms with van der Waals surface area (Å²) in [7, 11) is 1.61. The third-order valence-electron chi connectivity index (χ3n) is 2.13. The van der Waals surface area contributed by atoms with Crippen LogP contribution in [-0.2, 0) is 0 Å². The minimum Gasteiger partial charge on any atom is -0.493 e. The highest BCUT2D eigenvalue weighted by atomic mass is 35.5. The van der Waals surface area contributed by atoms with Crippen LogP contribution in [0.2, 0.25) is 0 Å². The van der Waals surface area contributed by atoms with Crippen LogP contribution in [0.5, 0.6) is 11.5 Å². The van der Waals surface area contributed by atoms with E-state index in [4.69, 9.17) is 15.2 Å². The Morgan fingerprint density at radius 2 is 2.12 bits per heavy atom. The van der Waals surface area contributed by atoms with E-state index >= 15 is 0 Å². The van der Waals surface area contributed by atoms with Gasteiger partial charge >= 0.3 is 0 Å². The first kappa shape index (κ1) is 14.8. The molecule has 1 aromatic carbocycles. The molecule has 0 heterocycles. The molecule has 3 nitrogen and oxygen atoms in total. The summed E-state index contributed by atoms with van der Waals surface area (Å²) < 4.78 is 10.6. The number of hydrogen-bond acceptors (Lipinski definition) is 3. The predicted molar refractivity (Wildman–Crippen MR) is 68.5 cm³/mol. The molecule has 0 aromatic heterocycles. The van der Waals surface area contributed by atoms with Crippen molar-refractivity contribution in [1.82, 2.24) is 0 Å². The van der Waals surface area contributed by atoms with Crippen LogP contribution in [0.1, 0.15) is 18.5 Å². The minimum absolute atomic E-state index is 0. The molecule has 0 spiro atoms. The zero-order valence-electron chi connectivity index (χ0n) is 9.60. The van der Waals surface area contributed by atoms with Gasteiger partial charge in [0.1, 0.15) is 0 Å². The lowest BCUT2D eigenvalue weighted by atomic mass is 10.1. The molecule has 1 rings (SSSR count). The molecule has 0 fully saturated rings. The predicted octanol–water partition coefficient (Wildman–Crippen LogP) is 2.70. The minimum atomic E-state index is -0.172. The van der Waals surface area contributed by atoms with Crippen molar-refractivity contribution in [2.75, 3.05) is 13.7 Å². The SMILES string of the molecule is C=C[C@@H](N)c1ccc(OCC)c(OC)c1.Cl. The lowest BCUT2D eigenvalue weighted by molar-refractivity contribution is 0.310. The topological polar surface area (TPSA) is 44.5 Å². The molecule has 0 aliphatic rings. The maximum absolute atomic E-state index is 5.83. The summed E-state index contributed by atoms with van der Waals surface area (Å²) in [6, 6.07) is 5.48. The van der Waals surface area contributed by atoms with Crippen LogP contribution in [0.25, 0.3) is 0 Å². The van der Waals surface area contributed by atoms with Crippen LogP contribution in [0.3, 0.4) is 0 Å². The summed E-state index contributed by atoms with van der Waals surface area (Å²) in [6.07, 6.45) is 1.69. The molecule has 0 amide bonds. The fourth-order valence-corrected chi connectivity index (χ4v) is 1.30. The third-order valence-corrected chi connectivity index (χ3v) is 2.13. The second kappa shape index (κ2) is 7.14. The quantitative estimate of drug-likeness (QED) is 0.809. The maximum Gasteiger partial charge on any atom is 0.161 e. The van der Waals surface area contributed by atoms with E-state index in [0.717, 1.165) is 11.3 Å². The van der Waals surface area contributed by atoms with Crippen molar-refractivity contribution >= 4 is 12.4 Å². The van der Waals surface area contributed by atoms with Gasteiger partial charge in [-0.05, 0) is 24.6 Å². The average molecular weight is 244 g/mol. The van der Waals surface area contributed by atoms with Gasteiger partial charge in [0.25, 0.3) is 0 Å². The number of rotatable bonds is 5. The molecule has 0 saturated heterocycles. The highest BCUT2D eigenvalue weighted by Gasteiger charge is 2.08. The molecule has 90 valence electrons. The molecule has 4 heteroatoms. The lowest BCUT2D eigenvalue weighted by Gasteiger charge is -2.12. The van der Waals surface area contributed by atoms with E-state index in [1.54, 1.807) is 13.2 Å². The van der Waals surface area contributed by atoms with Crippen LogP contribution in [0.15, 0.2) is 30.9 Å². The number of ether oxygens (including phenoxy) is 2. The number of halogens is 1. The highest BCUT2D eigenvalue weighted by molar-refractivity contribution is 5.85. The van der Waals surface area contributed by atoms with E-state index in [0.29, 0.717) is 12.4 Å². The van der Waals surface area contributed by atoms with Crippen LogP contribution >= 0.6 is 12.4 Å². The summed E-state index contributed by atoms with van der Waals surface area (Å²) in [4.78, 5) is 0. The van der Waals surface area contributed by atoms with Crippen LogP contribution in [0, 0.1) is 0 Å². The fraction of sp³-hybridized carbons (Fsp3) is 0.333. The number of methoxy groups -OCH3 is 1. The smallest absolute Gasteiger partial charge is 0.161 e. The summed E-state index contributed by atoms with van der Waals surface area (Å²) in [5.74, 6) is 1.44. The van der Waals surface area contributed by atoms with Gasteiger partial charge in [0.05, 0.1) is 13.7 Å². The molecule has 0 aliphatic carbocycles. The van der Waals surface area contributed by atoms with Gasteiger partial charge in [-0.15, -0.1) is 19.0 Å². The summed E-state index contributed by atoms with van der Waals surface area (Å²) >= 11 is 0. The molecule has 1 aromatic rings. The molecule has 0 aliphatic heterocycles. The Morgan fingerprint density at radius 3 is 2.62 bits per heavy atom. The monoisotopic (exact) mass is 243 g/mol. The molecule has 16 heavy (non-hydrogen) atoms. The molecule has 2 N–H and O–H groups in total. The normalized spacial score (nSPS) is 11.2. The van der Waals surface area contributed by atoms with Crippen molar-refractivity contribution < 1.29 is 9.47 Å². The molecular formula is C12H18ClNO2. The standard InChI is InChI=1S/C12H17NO2.ClH/c1-4-10(13)9-6-7-11(15-5-2)12(8-9)14-3;/h4,6-8,10H,1,5,13H2,2-3H3;1H/t10-;/m1./s1. The molecule has 0 saturated carbocycles. The number of nitrogens with two attached hydrogens (primary N) is 1. The zero-order chi connectivity index (χ0) is 11.3. The van der Waals surface area contributed by atoms with Crippen molar-refractivity contribution in [2.45, 2.75) is 13.0 Å². The van der Waals surface area contributed by atoms with Crippen LogP contribution < -0.4 is 15.2 Å². The third kappa shape index (κ3) is 3.43. The van der Waals surface area contributed by atoms with Crippen molar-refractivity contribution in [1.29, 1.82) is 0 Å². The van der Waals surface area contributed by atoms with Crippen molar-refractivity contribution in [3.8, 4) is 11.5 Å². The van der Waals surface area contributed by atoms with Gasteiger partial charge in [0.15, 0.2) is 11.5 Å². The van der Waals surface area contributed by atoms with Crippen LogP contribution in [-0.4, -0.2) is 13.7 Å². The van der Waals surface area contributed by atoms with E-state index in [1.807, 2.05) is 25.1 Å². The Bertz CT molecular complexity index is 342. The summed E-state index contributed by atoms with van der Waals surface area (Å²) in [5.41, 5.74) is 6.79. The van der Waals surface area contributed by atoms with Crippen molar-refractivity contribution in [2.24, 2.45) is 5.73 Å². The van der Waals surface area contributed by atoms with Gasteiger partial charge in [-0.25, -0.2) is 0 Å². The first-order valence-electron chi connectivity index (χ1n) is 4.91. The molecular weight excluding hydrogens is 226 g/mol. The van der Waals surface area contributed by atoms with Gasteiger partial charge in [-0.3, -0.25) is 0 Å². The molecule has 0 radical (unpaired) electrons. The first-order chi connectivity index (χ1) is 7.22.